The van der Waals surface area contributed by atoms with Gasteiger partial charge < -0.3 is 4.90 Å². The van der Waals surface area contributed by atoms with E-state index in [1.54, 1.807) is 0 Å². The zero-order valence-electron chi connectivity index (χ0n) is 10.2. The Morgan fingerprint density at radius 3 is 2.50 bits per heavy atom. The van der Waals surface area contributed by atoms with Crippen molar-refractivity contribution in [3.05, 3.63) is 35.4 Å². The van der Waals surface area contributed by atoms with Crippen LogP contribution in [0.3, 0.4) is 0 Å². The molecule has 0 fully saturated rings. The lowest BCUT2D eigenvalue weighted by Crippen LogP contribution is -2.42. The third kappa shape index (κ3) is 3.55. The molecule has 4 heteroatoms. The van der Waals surface area contributed by atoms with E-state index in [2.05, 4.69) is 41.6 Å². The molecular weight excluding hydrogens is 200 g/mol. The average molecular weight is 220 g/mol. The largest absolute Gasteiger partial charge is 0.341 e. The van der Waals surface area contributed by atoms with Crippen molar-refractivity contribution in [2.24, 2.45) is 10.8 Å². The van der Waals surface area contributed by atoms with Gasteiger partial charge in [-0.25, -0.2) is 5.84 Å². The summed E-state index contributed by atoms with van der Waals surface area (Å²) in [6.07, 6.45) is 0. The van der Waals surface area contributed by atoms with Crippen LogP contribution in [0.15, 0.2) is 29.3 Å². The molecule has 88 valence electrons. The molecule has 16 heavy (non-hydrogen) atoms. The molecule has 0 heterocycles. The van der Waals surface area contributed by atoms with Gasteiger partial charge in [0, 0.05) is 20.1 Å². The lowest BCUT2D eigenvalue weighted by atomic mass is 10.1. The van der Waals surface area contributed by atoms with Crippen molar-refractivity contribution in [2.45, 2.75) is 20.4 Å². The Balaban J connectivity index is 2.66. The molecule has 0 saturated carbocycles. The molecule has 0 unspecified atom stereocenters. The lowest BCUT2D eigenvalue weighted by molar-refractivity contribution is 0.477. The first-order valence-electron chi connectivity index (χ1n) is 5.45. The van der Waals surface area contributed by atoms with Crippen LogP contribution in [-0.4, -0.2) is 24.5 Å². The third-order valence-corrected chi connectivity index (χ3v) is 2.34. The summed E-state index contributed by atoms with van der Waals surface area (Å²) < 4.78 is 0. The number of nitrogens with one attached hydrogen (secondary N) is 1. The number of rotatable bonds is 3. The number of aryl methyl sites for hydroxylation is 1. The minimum atomic E-state index is 0.711. The predicted molar refractivity (Wildman–Crippen MR) is 67.9 cm³/mol. The monoisotopic (exact) mass is 220 g/mol. The van der Waals surface area contributed by atoms with Crippen LogP contribution in [0.2, 0.25) is 0 Å². The molecular formula is C12H20N4. The van der Waals surface area contributed by atoms with E-state index in [4.69, 9.17) is 5.84 Å². The number of benzene rings is 1. The molecule has 1 rings (SSSR count). The van der Waals surface area contributed by atoms with E-state index in [1.807, 2.05) is 18.9 Å². The Morgan fingerprint density at radius 2 is 2.00 bits per heavy atom. The molecule has 0 spiro atoms. The summed E-state index contributed by atoms with van der Waals surface area (Å²) in [5.41, 5.74) is 5.12. The molecule has 0 atom stereocenters. The molecule has 3 N–H and O–H groups in total. The van der Waals surface area contributed by atoms with Crippen molar-refractivity contribution in [1.29, 1.82) is 0 Å². The van der Waals surface area contributed by atoms with Gasteiger partial charge in [-0.3, -0.25) is 10.4 Å². The van der Waals surface area contributed by atoms with Gasteiger partial charge in [0.15, 0.2) is 0 Å². The van der Waals surface area contributed by atoms with E-state index in [-0.39, 0.29) is 0 Å². The van der Waals surface area contributed by atoms with Crippen molar-refractivity contribution in [2.75, 3.05) is 13.6 Å². The fraction of sp³-hybridized carbons (Fsp3) is 0.417. The Bertz CT molecular complexity index is 343. The van der Waals surface area contributed by atoms with E-state index in [1.165, 1.54) is 11.1 Å². The number of aliphatic imine (C=N–C) groups is 1. The highest BCUT2D eigenvalue weighted by molar-refractivity contribution is 5.79. The SMILES string of the molecule is CCN=C(NN)N(C)Cc1ccc(C)cc1. The fourth-order valence-electron chi connectivity index (χ4n) is 1.47. The molecule has 0 amide bonds. The van der Waals surface area contributed by atoms with Crippen LogP contribution in [0.5, 0.6) is 0 Å². The van der Waals surface area contributed by atoms with Gasteiger partial charge >= 0.3 is 0 Å². The Labute approximate surface area is 97.1 Å². The summed E-state index contributed by atoms with van der Waals surface area (Å²) in [7, 11) is 1.97. The molecule has 0 aromatic heterocycles. The first-order valence-corrected chi connectivity index (χ1v) is 5.45. The first kappa shape index (κ1) is 12.5. The van der Waals surface area contributed by atoms with Crippen LogP contribution in [-0.2, 0) is 6.54 Å². The smallest absolute Gasteiger partial charge is 0.208 e. The highest BCUT2D eigenvalue weighted by Gasteiger charge is 2.04. The second-order valence-corrected chi connectivity index (χ2v) is 3.78. The van der Waals surface area contributed by atoms with Crippen LogP contribution in [0.4, 0.5) is 0 Å². The van der Waals surface area contributed by atoms with Crippen molar-refractivity contribution in [3.63, 3.8) is 0 Å². The number of guanidine groups is 1. The number of hydrogen-bond donors (Lipinski definition) is 2. The fourth-order valence-corrected chi connectivity index (χ4v) is 1.47. The van der Waals surface area contributed by atoms with Gasteiger partial charge in [-0.05, 0) is 19.4 Å². The second kappa shape index (κ2) is 6.12. The second-order valence-electron chi connectivity index (χ2n) is 3.78. The quantitative estimate of drug-likeness (QED) is 0.349. The van der Waals surface area contributed by atoms with Gasteiger partial charge in [0.05, 0.1) is 0 Å². The standard InChI is InChI=1S/C12H20N4/c1-4-14-12(15-13)16(3)9-11-7-5-10(2)6-8-11/h5-8H,4,9,13H2,1-3H3,(H,14,15). The lowest BCUT2D eigenvalue weighted by Gasteiger charge is -2.20. The minimum absolute atomic E-state index is 0.711. The van der Waals surface area contributed by atoms with Crippen LogP contribution in [0.1, 0.15) is 18.1 Å². The zero-order valence-corrected chi connectivity index (χ0v) is 10.2. The predicted octanol–water partition coefficient (Wildman–Crippen LogP) is 1.27. The Kier molecular flexibility index (Phi) is 4.79. The highest BCUT2D eigenvalue weighted by atomic mass is 15.4. The minimum Gasteiger partial charge on any atom is -0.341 e. The van der Waals surface area contributed by atoms with Gasteiger partial charge in [-0.2, -0.15) is 0 Å². The molecule has 1 aromatic carbocycles. The van der Waals surface area contributed by atoms with E-state index >= 15 is 0 Å². The Hall–Kier alpha value is -1.55. The van der Waals surface area contributed by atoms with Crippen LogP contribution < -0.4 is 11.3 Å². The summed E-state index contributed by atoms with van der Waals surface area (Å²) in [6, 6.07) is 8.45. The normalized spacial score (nSPS) is 11.4. The van der Waals surface area contributed by atoms with Crippen LogP contribution >= 0.6 is 0 Å². The summed E-state index contributed by atoms with van der Waals surface area (Å²) in [5, 5.41) is 0. The molecule has 0 aliphatic heterocycles. The molecule has 0 saturated heterocycles. The molecule has 4 nitrogen and oxygen atoms in total. The van der Waals surface area contributed by atoms with Crippen molar-refractivity contribution < 1.29 is 0 Å². The maximum Gasteiger partial charge on any atom is 0.208 e. The summed E-state index contributed by atoms with van der Waals surface area (Å²) in [6.45, 7) is 5.58. The summed E-state index contributed by atoms with van der Waals surface area (Å²) in [5.74, 6) is 6.13. The molecule has 0 aliphatic carbocycles. The molecule has 1 aromatic rings. The summed E-state index contributed by atoms with van der Waals surface area (Å²) in [4.78, 5) is 6.26. The molecule has 0 bridgehead atoms. The van der Waals surface area contributed by atoms with Gasteiger partial charge in [0.2, 0.25) is 5.96 Å². The zero-order chi connectivity index (χ0) is 12.0. The third-order valence-electron chi connectivity index (χ3n) is 2.34. The van der Waals surface area contributed by atoms with E-state index in [0.29, 0.717) is 5.96 Å². The highest BCUT2D eigenvalue weighted by Crippen LogP contribution is 2.05. The average Bonchev–Trinajstić information content (AvgIpc) is 2.29. The number of hydrazine groups is 1. The topological polar surface area (TPSA) is 53.6 Å². The number of nitrogens with two attached hydrogens (primary N) is 1. The van der Waals surface area contributed by atoms with Crippen LogP contribution in [0.25, 0.3) is 0 Å². The Morgan fingerprint density at radius 1 is 1.38 bits per heavy atom. The maximum atomic E-state index is 5.42. The molecule has 0 aliphatic rings. The van der Waals surface area contributed by atoms with E-state index < -0.39 is 0 Å². The van der Waals surface area contributed by atoms with E-state index in [9.17, 15) is 0 Å². The van der Waals surface area contributed by atoms with Gasteiger partial charge in [-0.1, -0.05) is 29.8 Å². The van der Waals surface area contributed by atoms with Crippen molar-refractivity contribution >= 4 is 5.96 Å². The van der Waals surface area contributed by atoms with Crippen molar-refractivity contribution in [3.8, 4) is 0 Å². The number of hydrogen-bond acceptors (Lipinski definition) is 2. The maximum absolute atomic E-state index is 5.42. The van der Waals surface area contributed by atoms with E-state index in [0.717, 1.165) is 13.1 Å². The summed E-state index contributed by atoms with van der Waals surface area (Å²) >= 11 is 0. The van der Waals surface area contributed by atoms with Gasteiger partial charge in [-0.15, -0.1) is 0 Å². The van der Waals surface area contributed by atoms with Gasteiger partial charge in [0.1, 0.15) is 0 Å². The molecule has 0 radical (unpaired) electrons. The van der Waals surface area contributed by atoms with Crippen molar-refractivity contribution in [1.82, 2.24) is 10.3 Å². The number of nitrogens with zero attached hydrogens (tertiary/aromatic N) is 2. The van der Waals surface area contributed by atoms with Gasteiger partial charge in [0.25, 0.3) is 0 Å². The van der Waals surface area contributed by atoms with Crippen LogP contribution in [0, 0.1) is 6.92 Å². The first-order chi connectivity index (χ1) is 7.67.